The van der Waals surface area contributed by atoms with Gasteiger partial charge in [0.25, 0.3) is 0 Å². The first-order valence-electron chi connectivity index (χ1n) is 5.13. The summed E-state index contributed by atoms with van der Waals surface area (Å²) >= 11 is 0. The van der Waals surface area contributed by atoms with Crippen molar-refractivity contribution >= 4 is 5.65 Å². The summed E-state index contributed by atoms with van der Waals surface area (Å²) in [7, 11) is 0. The normalized spacial score (nSPS) is 13.3. The molecular weight excluding hydrogens is 190 g/mol. The fraction of sp³-hybridized carbons (Fsp3) is 0.500. The van der Waals surface area contributed by atoms with Crippen LogP contribution in [0.2, 0.25) is 0 Å². The maximum Gasteiger partial charge on any atom is 0.163 e. The second kappa shape index (κ2) is 3.94. The molecule has 0 aliphatic heterocycles. The van der Waals surface area contributed by atoms with Gasteiger partial charge in [-0.2, -0.15) is 0 Å². The molecule has 2 aromatic rings. The van der Waals surface area contributed by atoms with Gasteiger partial charge in [0.15, 0.2) is 5.65 Å². The van der Waals surface area contributed by atoms with Crippen LogP contribution in [0, 0.1) is 6.92 Å². The number of rotatable bonds is 3. The monoisotopic (exact) mass is 205 g/mol. The van der Waals surface area contributed by atoms with Crippen LogP contribution in [0.1, 0.15) is 30.8 Å². The Balaban J connectivity index is 2.53. The molecule has 1 unspecified atom stereocenters. The molecule has 0 saturated carbocycles. The molecular formula is C10H15N5. The molecule has 2 rings (SSSR count). The van der Waals surface area contributed by atoms with Crippen molar-refractivity contribution in [1.29, 1.82) is 0 Å². The summed E-state index contributed by atoms with van der Waals surface area (Å²) in [5, 5.41) is 8.29. The van der Waals surface area contributed by atoms with Gasteiger partial charge in [0.1, 0.15) is 12.2 Å². The number of nitrogens with zero attached hydrogens (tertiary/aromatic N) is 4. The predicted molar refractivity (Wildman–Crippen MR) is 57.6 cm³/mol. The second-order valence-electron chi connectivity index (χ2n) is 3.66. The van der Waals surface area contributed by atoms with Gasteiger partial charge in [-0.05, 0) is 13.3 Å². The first-order chi connectivity index (χ1) is 7.26. The summed E-state index contributed by atoms with van der Waals surface area (Å²) in [4.78, 5) is 4.23. The highest BCUT2D eigenvalue weighted by Crippen LogP contribution is 2.16. The number of fused-ring (bicyclic) bond motifs is 1. The number of hydrogen-bond donors (Lipinski definition) is 1. The number of nitrogens with two attached hydrogens (primary N) is 1. The van der Waals surface area contributed by atoms with Crippen LogP contribution >= 0.6 is 0 Å². The van der Waals surface area contributed by atoms with E-state index in [2.05, 4.69) is 22.1 Å². The fourth-order valence-corrected chi connectivity index (χ4v) is 1.64. The predicted octanol–water partition coefficient (Wildman–Crippen LogP) is 0.885. The summed E-state index contributed by atoms with van der Waals surface area (Å²) in [6, 6.07) is 1.92. The molecule has 2 heterocycles. The lowest BCUT2D eigenvalue weighted by Gasteiger charge is -2.09. The van der Waals surface area contributed by atoms with E-state index in [-0.39, 0.29) is 5.92 Å². The summed E-state index contributed by atoms with van der Waals surface area (Å²) in [5.41, 5.74) is 7.48. The SMILES string of the molecule is CCC(CN)c1nnc2cc(C)ncn12. The van der Waals surface area contributed by atoms with Crippen molar-refractivity contribution in [1.82, 2.24) is 19.6 Å². The van der Waals surface area contributed by atoms with Crippen molar-refractivity contribution in [3.8, 4) is 0 Å². The maximum atomic E-state index is 5.69. The first-order valence-corrected chi connectivity index (χ1v) is 5.13. The van der Waals surface area contributed by atoms with E-state index in [1.165, 1.54) is 0 Å². The van der Waals surface area contributed by atoms with E-state index < -0.39 is 0 Å². The smallest absolute Gasteiger partial charge is 0.163 e. The molecule has 1 atom stereocenters. The Morgan fingerprint density at radius 2 is 2.27 bits per heavy atom. The number of aryl methyl sites for hydroxylation is 1. The Morgan fingerprint density at radius 1 is 1.47 bits per heavy atom. The van der Waals surface area contributed by atoms with Gasteiger partial charge in [0.05, 0.1) is 0 Å². The van der Waals surface area contributed by atoms with Crippen LogP contribution in [0.4, 0.5) is 0 Å². The third kappa shape index (κ3) is 1.70. The van der Waals surface area contributed by atoms with E-state index in [1.807, 2.05) is 17.4 Å². The van der Waals surface area contributed by atoms with Crippen molar-refractivity contribution in [2.75, 3.05) is 6.54 Å². The van der Waals surface area contributed by atoms with Crippen LogP contribution in [0.5, 0.6) is 0 Å². The third-order valence-corrected chi connectivity index (χ3v) is 2.61. The maximum absolute atomic E-state index is 5.69. The van der Waals surface area contributed by atoms with E-state index in [9.17, 15) is 0 Å². The minimum Gasteiger partial charge on any atom is -0.330 e. The average Bonchev–Trinajstić information content (AvgIpc) is 2.63. The topological polar surface area (TPSA) is 69.1 Å². The first kappa shape index (κ1) is 10.0. The van der Waals surface area contributed by atoms with Crippen LogP contribution < -0.4 is 5.73 Å². The van der Waals surface area contributed by atoms with Gasteiger partial charge in [-0.3, -0.25) is 4.40 Å². The lowest BCUT2D eigenvalue weighted by Crippen LogP contribution is -2.14. The zero-order valence-corrected chi connectivity index (χ0v) is 9.01. The van der Waals surface area contributed by atoms with Crippen LogP contribution in [0.25, 0.3) is 5.65 Å². The quantitative estimate of drug-likeness (QED) is 0.807. The minimum absolute atomic E-state index is 0.254. The molecule has 0 aliphatic carbocycles. The van der Waals surface area contributed by atoms with Crippen LogP contribution in [-0.2, 0) is 0 Å². The van der Waals surface area contributed by atoms with Crippen molar-refractivity contribution in [2.24, 2.45) is 5.73 Å². The molecule has 0 saturated heterocycles. The van der Waals surface area contributed by atoms with Crippen LogP contribution in [-0.4, -0.2) is 26.1 Å². The largest absolute Gasteiger partial charge is 0.330 e. The average molecular weight is 205 g/mol. The molecule has 0 aliphatic rings. The summed E-state index contributed by atoms with van der Waals surface area (Å²) < 4.78 is 1.91. The van der Waals surface area contributed by atoms with Crippen LogP contribution in [0.3, 0.4) is 0 Å². The van der Waals surface area contributed by atoms with Gasteiger partial charge in [0, 0.05) is 24.2 Å². The van der Waals surface area contributed by atoms with E-state index in [0.29, 0.717) is 6.54 Å². The molecule has 2 aromatic heterocycles. The molecule has 0 amide bonds. The van der Waals surface area contributed by atoms with Crippen molar-refractivity contribution in [3.05, 3.63) is 23.9 Å². The lowest BCUT2D eigenvalue weighted by atomic mass is 10.1. The minimum atomic E-state index is 0.254. The molecule has 0 fully saturated rings. The molecule has 5 nitrogen and oxygen atoms in total. The molecule has 15 heavy (non-hydrogen) atoms. The zero-order chi connectivity index (χ0) is 10.8. The molecule has 80 valence electrons. The second-order valence-corrected chi connectivity index (χ2v) is 3.66. The zero-order valence-electron chi connectivity index (χ0n) is 9.01. The Kier molecular flexibility index (Phi) is 2.64. The van der Waals surface area contributed by atoms with Crippen LogP contribution in [0.15, 0.2) is 12.4 Å². The van der Waals surface area contributed by atoms with Crippen molar-refractivity contribution in [3.63, 3.8) is 0 Å². The van der Waals surface area contributed by atoms with Gasteiger partial charge in [-0.15, -0.1) is 10.2 Å². The Bertz CT molecular complexity index is 458. The van der Waals surface area contributed by atoms with E-state index in [1.54, 1.807) is 6.33 Å². The Morgan fingerprint density at radius 3 is 2.93 bits per heavy atom. The molecule has 5 heteroatoms. The molecule has 0 radical (unpaired) electrons. The Hall–Kier alpha value is -1.49. The highest BCUT2D eigenvalue weighted by atomic mass is 15.3. The highest BCUT2D eigenvalue weighted by molar-refractivity contribution is 5.38. The van der Waals surface area contributed by atoms with E-state index in [0.717, 1.165) is 23.6 Å². The van der Waals surface area contributed by atoms with Crippen molar-refractivity contribution < 1.29 is 0 Å². The third-order valence-electron chi connectivity index (χ3n) is 2.61. The van der Waals surface area contributed by atoms with Gasteiger partial charge < -0.3 is 5.73 Å². The van der Waals surface area contributed by atoms with Gasteiger partial charge in [-0.1, -0.05) is 6.92 Å². The standard InChI is InChI=1S/C10H15N5/c1-3-8(5-11)10-14-13-9-4-7(2)12-6-15(9)10/h4,6,8H,3,5,11H2,1-2H3. The van der Waals surface area contributed by atoms with E-state index in [4.69, 9.17) is 5.73 Å². The van der Waals surface area contributed by atoms with Crippen molar-refractivity contribution in [2.45, 2.75) is 26.2 Å². The fourth-order valence-electron chi connectivity index (χ4n) is 1.64. The molecule has 0 aromatic carbocycles. The summed E-state index contributed by atoms with van der Waals surface area (Å²) in [6.45, 7) is 4.62. The molecule has 2 N–H and O–H groups in total. The highest BCUT2D eigenvalue weighted by Gasteiger charge is 2.14. The molecule has 0 spiro atoms. The van der Waals surface area contributed by atoms with E-state index >= 15 is 0 Å². The number of aromatic nitrogens is 4. The lowest BCUT2D eigenvalue weighted by molar-refractivity contribution is 0.621. The number of hydrogen-bond acceptors (Lipinski definition) is 4. The van der Waals surface area contributed by atoms with Gasteiger partial charge >= 0.3 is 0 Å². The Labute approximate surface area is 88.3 Å². The van der Waals surface area contributed by atoms with Gasteiger partial charge in [0.2, 0.25) is 0 Å². The summed E-state index contributed by atoms with van der Waals surface area (Å²) in [5.74, 6) is 1.16. The summed E-state index contributed by atoms with van der Waals surface area (Å²) in [6.07, 6.45) is 2.73. The van der Waals surface area contributed by atoms with Gasteiger partial charge in [-0.25, -0.2) is 4.98 Å². The molecule has 0 bridgehead atoms.